The van der Waals surface area contributed by atoms with Gasteiger partial charge in [-0.15, -0.1) is 0 Å². The van der Waals surface area contributed by atoms with E-state index >= 15 is 0 Å². The fraction of sp³-hybridized carbons (Fsp3) is 0.200. The second kappa shape index (κ2) is 7.21. The third kappa shape index (κ3) is 4.26. The number of hydrogen-bond acceptors (Lipinski definition) is 4. The summed E-state index contributed by atoms with van der Waals surface area (Å²) >= 11 is 0. The maximum absolute atomic E-state index is 10.8. The van der Waals surface area contributed by atoms with Gasteiger partial charge in [-0.05, 0) is 43.7 Å². The summed E-state index contributed by atoms with van der Waals surface area (Å²) in [5, 5.41) is 8.87. The van der Waals surface area contributed by atoms with Crippen LogP contribution in [0.15, 0.2) is 52.9 Å². The van der Waals surface area contributed by atoms with Crippen LogP contribution in [0.4, 0.5) is 0 Å². The number of aromatic nitrogens is 1. The van der Waals surface area contributed by atoms with Crippen molar-refractivity contribution in [1.29, 1.82) is 0 Å². The highest BCUT2D eigenvalue weighted by Crippen LogP contribution is 2.23. The quantitative estimate of drug-likeness (QED) is 0.731. The van der Waals surface area contributed by atoms with E-state index in [2.05, 4.69) is 4.98 Å². The molecule has 0 saturated carbocycles. The molecule has 0 amide bonds. The number of carboxylic acids is 1. The van der Waals surface area contributed by atoms with Gasteiger partial charge in [-0.25, -0.2) is 4.98 Å². The molecule has 0 atom stereocenters. The van der Waals surface area contributed by atoms with Gasteiger partial charge >= 0.3 is 5.97 Å². The maximum Gasteiger partial charge on any atom is 0.307 e. The Bertz CT molecular complexity index is 881. The topological polar surface area (TPSA) is 72.6 Å². The zero-order chi connectivity index (χ0) is 17.8. The standard InChI is InChI=1S/C20H19NO4/c1-13-6-8-16(9-7-13)20-21-18(14(2)25-20)12-24-17-5-3-4-15(10-17)11-19(22)23/h3-10H,11-12H2,1-2H3,(H,22,23). The molecule has 25 heavy (non-hydrogen) atoms. The number of oxazole rings is 1. The second-order valence-electron chi connectivity index (χ2n) is 5.89. The monoisotopic (exact) mass is 337 g/mol. The minimum absolute atomic E-state index is 0.0300. The zero-order valence-electron chi connectivity index (χ0n) is 14.2. The number of aryl methyl sites for hydroxylation is 2. The molecular formula is C20H19NO4. The minimum Gasteiger partial charge on any atom is -0.487 e. The molecule has 0 fully saturated rings. The van der Waals surface area contributed by atoms with Crippen LogP contribution in [0.2, 0.25) is 0 Å². The highest BCUT2D eigenvalue weighted by molar-refractivity contribution is 5.70. The van der Waals surface area contributed by atoms with Gasteiger partial charge in [0.15, 0.2) is 0 Å². The molecule has 0 aliphatic heterocycles. The van der Waals surface area contributed by atoms with Crippen molar-refractivity contribution in [2.75, 3.05) is 0 Å². The first-order chi connectivity index (χ1) is 12.0. The lowest BCUT2D eigenvalue weighted by molar-refractivity contribution is -0.136. The van der Waals surface area contributed by atoms with E-state index in [4.69, 9.17) is 14.3 Å². The largest absolute Gasteiger partial charge is 0.487 e. The number of benzene rings is 2. The highest BCUT2D eigenvalue weighted by Gasteiger charge is 2.12. The normalized spacial score (nSPS) is 10.6. The molecule has 1 aromatic heterocycles. The smallest absolute Gasteiger partial charge is 0.307 e. The average molecular weight is 337 g/mol. The van der Waals surface area contributed by atoms with Gasteiger partial charge in [0, 0.05) is 5.56 Å². The van der Waals surface area contributed by atoms with Gasteiger partial charge in [-0.1, -0.05) is 29.8 Å². The molecule has 3 aromatic rings. The van der Waals surface area contributed by atoms with E-state index in [0.717, 1.165) is 11.3 Å². The van der Waals surface area contributed by atoms with Crippen molar-refractivity contribution >= 4 is 5.97 Å². The first-order valence-corrected chi connectivity index (χ1v) is 7.98. The summed E-state index contributed by atoms with van der Waals surface area (Å²) < 4.78 is 11.5. The van der Waals surface area contributed by atoms with Crippen LogP contribution in [0, 0.1) is 13.8 Å². The van der Waals surface area contributed by atoms with Crippen molar-refractivity contribution in [3.63, 3.8) is 0 Å². The summed E-state index contributed by atoms with van der Waals surface area (Å²) in [7, 11) is 0. The molecule has 1 N–H and O–H groups in total. The molecule has 5 nitrogen and oxygen atoms in total. The van der Waals surface area contributed by atoms with Crippen LogP contribution < -0.4 is 4.74 Å². The number of carboxylic acid groups (broad SMARTS) is 1. The lowest BCUT2D eigenvalue weighted by Gasteiger charge is -2.06. The van der Waals surface area contributed by atoms with E-state index in [1.165, 1.54) is 5.56 Å². The Balaban J connectivity index is 1.71. The Kier molecular flexibility index (Phi) is 4.84. The first-order valence-electron chi connectivity index (χ1n) is 7.98. The van der Waals surface area contributed by atoms with E-state index in [9.17, 15) is 4.79 Å². The minimum atomic E-state index is -0.868. The molecule has 0 aliphatic rings. The van der Waals surface area contributed by atoms with Gasteiger partial charge in [-0.3, -0.25) is 4.79 Å². The molecule has 0 bridgehead atoms. The predicted octanol–water partition coefficient (Wildman–Crippen LogP) is 4.16. The van der Waals surface area contributed by atoms with Crippen molar-refractivity contribution < 1.29 is 19.1 Å². The molecule has 2 aromatic carbocycles. The van der Waals surface area contributed by atoms with Crippen LogP contribution in [0.1, 0.15) is 22.6 Å². The van der Waals surface area contributed by atoms with Gasteiger partial charge in [0.25, 0.3) is 0 Å². The van der Waals surface area contributed by atoms with Crippen LogP contribution in [0.5, 0.6) is 5.75 Å². The molecule has 128 valence electrons. The zero-order valence-corrected chi connectivity index (χ0v) is 14.2. The Morgan fingerprint density at radius 1 is 1.16 bits per heavy atom. The molecule has 0 aliphatic carbocycles. The SMILES string of the molecule is Cc1ccc(-c2nc(COc3cccc(CC(=O)O)c3)c(C)o2)cc1. The molecule has 0 saturated heterocycles. The number of carbonyl (C=O) groups is 1. The molecule has 1 heterocycles. The fourth-order valence-corrected chi connectivity index (χ4v) is 2.45. The number of rotatable bonds is 6. The first kappa shape index (κ1) is 16.8. The Morgan fingerprint density at radius 2 is 1.92 bits per heavy atom. The van der Waals surface area contributed by atoms with E-state index in [1.807, 2.05) is 38.1 Å². The van der Waals surface area contributed by atoms with E-state index in [1.54, 1.807) is 24.3 Å². The summed E-state index contributed by atoms with van der Waals surface area (Å²) in [4.78, 5) is 15.3. The lowest BCUT2D eigenvalue weighted by Crippen LogP contribution is -2.01. The van der Waals surface area contributed by atoms with Crippen LogP contribution in [0.25, 0.3) is 11.5 Å². The van der Waals surface area contributed by atoms with E-state index in [-0.39, 0.29) is 13.0 Å². The van der Waals surface area contributed by atoms with Crippen LogP contribution >= 0.6 is 0 Å². The van der Waals surface area contributed by atoms with Crippen molar-refractivity contribution in [2.45, 2.75) is 26.9 Å². The third-order valence-electron chi connectivity index (χ3n) is 3.82. The molecular weight excluding hydrogens is 318 g/mol. The molecule has 0 unspecified atom stereocenters. The van der Waals surface area contributed by atoms with Crippen molar-refractivity contribution in [1.82, 2.24) is 4.98 Å². The number of aliphatic carboxylic acids is 1. The van der Waals surface area contributed by atoms with Gasteiger partial charge in [0.2, 0.25) is 5.89 Å². The van der Waals surface area contributed by atoms with E-state index < -0.39 is 5.97 Å². The molecule has 0 radical (unpaired) electrons. The summed E-state index contributed by atoms with van der Waals surface area (Å²) in [6, 6.07) is 15.0. The molecule has 5 heteroatoms. The van der Waals surface area contributed by atoms with Crippen molar-refractivity contribution in [3.8, 4) is 17.2 Å². The van der Waals surface area contributed by atoms with Crippen LogP contribution in [-0.2, 0) is 17.8 Å². The molecule has 3 rings (SSSR count). The average Bonchev–Trinajstić information content (AvgIpc) is 2.94. The highest BCUT2D eigenvalue weighted by atomic mass is 16.5. The van der Waals surface area contributed by atoms with Gasteiger partial charge in [0.1, 0.15) is 23.8 Å². The number of hydrogen-bond donors (Lipinski definition) is 1. The van der Waals surface area contributed by atoms with Crippen molar-refractivity contribution in [3.05, 3.63) is 71.1 Å². The van der Waals surface area contributed by atoms with Crippen LogP contribution in [0.3, 0.4) is 0 Å². The second-order valence-corrected chi connectivity index (χ2v) is 5.89. The number of nitrogens with zero attached hydrogens (tertiary/aromatic N) is 1. The summed E-state index contributed by atoms with van der Waals surface area (Å²) in [6.07, 6.45) is -0.0300. The van der Waals surface area contributed by atoms with Crippen LogP contribution in [-0.4, -0.2) is 16.1 Å². The Labute approximate surface area is 145 Å². The van der Waals surface area contributed by atoms with Gasteiger partial charge < -0.3 is 14.3 Å². The third-order valence-corrected chi connectivity index (χ3v) is 3.82. The summed E-state index contributed by atoms with van der Waals surface area (Å²) in [5.74, 6) is 1.01. The Morgan fingerprint density at radius 3 is 2.64 bits per heavy atom. The van der Waals surface area contributed by atoms with Gasteiger partial charge in [0.05, 0.1) is 6.42 Å². The number of ether oxygens (including phenoxy) is 1. The lowest BCUT2D eigenvalue weighted by atomic mass is 10.1. The summed E-state index contributed by atoms with van der Waals surface area (Å²) in [6.45, 7) is 4.14. The van der Waals surface area contributed by atoms with E-state index in [0.29, 0.717) is 23.0 Å². The fourth-order valence-electron chi connectivity index (χ4n) is 2.45. The van der Waals surface area contributed by atoms with Gasteiger partial charge in [-0.2, -0.15) is 0 Å². The van der Waals surface area contributed by atoms with Crippen molar-refractivity contribution in [2.24, 2.45) is 0 Å². The summed E-state index contributed by atoms with van der Waals surface area (Å²) in [5.41, 5.74) is 3.52. The predicted molar refractivity (Wildman–Crippen MR) is 93.5 cm³/mol. The maximum atomic E-state index is 10.8. The Hall–Kier alpha value is -3.08. The molecule has 0 spiro atoms.